The minimum absolute atomic E-state index is 0.101. The zero-order valence-electron chi connectivity index (χ0n) is 12.9. The Hall–Kier alpha value is -2.68. The molecule has 0 aromatic heterocycles. The predicted molar refractivity (Wildman–Crippen MR) is 89.9 cm³/mol. The van der Waals surface area contributed by atoms with Crippen LogP contribution in [0.25, 0.3) is 0 Å². The SMILES string of the molecule is C=CN1CCC(Cc2ccccc2)(C(=O)c2ccccc2)C1=O. The fourth-order valence-electron chi connectivity index (χ4n) is 3.23. The van der Waals surface area contributed by atoms with Gasteiger partial charge in [0.15, 0.2) is 5.78 Å². The van der Waals surface area contributed by atoms with Gasteiger partial charge in [-0.1, -0.05) is 67.2 Å². The molecule has 3 rings (SSSR count). The predicted octanol–water partition coefficient (Wildman–Crippen LogP) is 3.47. The van der Waals surface area contributed by atoms with Crippen LogP contribution in [0.15, 0.2) is 73.4 Å². The molecule has 1 aliphatic rings. The van der Waals surface area contributed by atoms with Crippen LogP contribution >= 0.6 is 0 Å². The third-order valence-corrected chi connectivity index (χ3v) is 4.49. The standard InChI is InChI=1S/C20H19NO2/c1-2-21-14-13-20(19(21)23,15-16-9-5-3-6-10-16)18(22)17-11-7-4-8-12-17/h2-12H,1,13-15H2. The summed E-state index contributed by atoms with van der Waals surface area (Å²) in [6.45, 7) is 4.23. The molecule has 1 heterocycles. The van der Waals surface area contributed by atoms with Crippen LogP contribution in [0.4, 0.5) is 0 Å². The minimum Gasteiger partial charge on any atom is -0.319 e. The quantitative estimate of drug-likeness (QED) is 0.626. The Bertz CT molecular complexity index is 724. The number of carbonyl (C=O) groups excluding carboxylic acids is 2. The Morgan fingerprint density at radius 1 is 1.09 bits per heavy atom. The molecule has 2 aromatic rings. The molecule has 1 atom stereocenters. The molecular formula is C20H19NO2. The lowest BCUT2D eigenvalue weighted by molar-refractivity contribution is -0.131. The van der Waals surface area contributed by atoms with E-state index in [1.165, 1.54) is 6.20 Å². The second-order valence-electron chi connectivity index (χ2n) is 5.87. The van der Waals surface area contributed by atoms with Crippen molar-refractivity contribution in [3.05, 3.63) is 84.6 Å². The summed E-state index contributed by atoms with van der Waals surface area (Å²) in [6.07, 6.45) is 2.46. The van der Waals surface area contributed by atoms with Crippen LogP contribution in [0.2, 0.25) is 0 Å². The molecule has 0 radical (unpaired) electrons. The van der Waals surface area contributed by atoms with E-state index in [0.29, 0.717) is 24.9 Å². The van der Waals surface area contributed by atoms with Gasteiger partial charge in [-0.3, -0.25) is 9.59 Å². The van der Waals surface area contributed by atoms with Gasteiger partial charge in [0.2, 0.25) is 5.91 Å². The topological polar surface area (TPSA) is 37.4 Å². The molecule has 3 nitrogen and oxygen atoms in total. The molecule has 1 aliphatic heterocycles. The van der Waals surface area contributed by atoms with Crippen LogP contribution < -0.4 is 0 Å². The number of likely N-dealkylation sites (tertiary alicyclic amines) is 1. The van der Waals surface area contributed by atoms with Crippen molar-refractivity contribution in [3.63, 3.8) is 0 Å². The second-order valence-corrected chi connectivity index (χ2v) is 5.87. The Kier molecular flexibility index (Phi) is 4.11. The van der Waals surface area contributed by atoms with Crippen molar-refractivity contribution in [1.82, 2.24) is 4.90 Å². The van der Waals surface area contributed by atoms with Crippen molar-refractivity contribution in [2.24, 2.45) is 5.41 Å². The van der Waals surface area contributed by atoms with Gasteiger partial charge in [0.1, 0.15) is 5.41 Å². The molecule has 1 saturated heterocycles. The zero-order valence-corrected chi connectivity index (χ0v) is 12.9. The summed E-state index contributed by atoms with van der Waals surface area (Å²) >= 11 is 0. The lowest BCUT2D eigenvalue weighted by Crippen LogP contribution is -2.41. The van der Waals surface area contributed by atoms with Gasteiger partial charge in [-0.2, -0.15) is 0 Å². The van der Waals surface area contributed by atoms with Gasteiger partial charge in [-0.15, -0.1) is 0 Å². The molecule has 3 heteroatoms. The van der Waals surface area contributed by atoms with Gasteiger partial charge in [0.25, 0.3) is 0 Å². The number of Topliss-reactive ketones (excluding diaryl/α,β-unsaturated/α-hetero) is 1. The van der Waals surface area contributed by atoms with E-state index in [9.17, 15) is 9.59 Å². The summed E-state index contributed by atoms with van der Waals surface area (Å²) in [7, 11) is 0. The van der Waals surface area contributed by atoms with E-state index in [-0.39, 0.29) is 11.7 Å². The zero-order chi connectivity index (χ0) is 16.3. The molecule has 116 valence electrons. The van der Waals surface area contributed by atoms with Gasteiger partial charge in [0.05, 0.1) is 0 Å². The fraction of sp³-hybridized carbons (Fsp3) is 0.200. The largest absolute Gasteiger partial charge is 0.319 e. The van der Waals surface area contributed by atoms with Gasteiger partial charge < -0.3 is 4.90 Å². The van der Waals surface area contributed by atoms with Crippen LogP contribution in [-0.2, 0) is 11.2 Å². The first-order valence-electron chi connectivity index (χ1n) is 7.75. The molecular weight excluding hydrogens is 286 g/mol. The van der Waals surface area contributed by atoms with E-state index in [1.54, 1.807) is 17.0 Å². The highest BCUT2D eigenvalue weighted by Gasteiger charge is 2.51. The maximum atomic E-state index is 13.2. The first kappa shape index (κ1) is 15.2. The molecule has 0 spiro atoms. The van der Waals surface area contributed by atoms with Crippen LogP contribution in [0.5, 0.6) is 0 Å². The Labute approximate surface area is 136 Å². The van der Waals surface area contributed by atoms with E-state index >= 15 is 0 Å². The summed E-state index contributed by atoms with van der Waals surface area (Å²) in [4.78, 5) is 27.6. The molecule has 0 bridgehead atoms. The molecule has 0 aliphatic carbocycles. The average Bonchev–Trinajstić information content (AvgIpc) is 2.93. The summed E-state index contributed by atoms with van der Waals surface area (Å²) in [6, 6.07) is 18.8. The number of ketones is 1. The molecule has 1 unspecified atom stereocenters. The fourth-order valence-corrected chi connectivity index (χ4v) is 3.23. The lowest BCUT2D eigenvalue weighted by atomic mass is 9.74. The van der Waals surface area contributed by atoms with E-state index in [4.69, 9.17) is 0 Å². The van der Waals surface area contributed by atoms with E-state index in [0.717, 1.165) is 5.56 Å². The summed E-state index contributed by atoms with van der Waals surface area (Å²) in [5.74, 6) is -0.249. The molecule has 0 N–H and O–H groups in total. The van der Waals surface area contributed by atoms with Crippen molar-refractivity contribution in [1.29, 1.82) is 0 Å². The van der Waals surface area contributed by atoms with Gasteiger partial charge in [0, 0.05) is 12.1 Å². The third-order valence-electron chi connectivity index (χ3n) is 4.49. The highest BCUT2D eigenvalue weighted by atomic mass is 16.2. The van der Waals surface area contributed by atoms with E-state index < -0.39 is 5.41 Å². The number of amides is 1. The summed E-state index contributed by atoms with van der Waals surface area (Å²) < 4.78 is 0. The highest BCUT2D eigenvalue weighted by Crippen LogP contribution is 2.39. The van der Waals surface area contributed by atoms with Crippen molar-refractivity contribution in [2.75, 3.05) is 6.54 Å². The number of hydrogen-bond acceptors (Lipinski definition) is 2. The Morgan fingerprint density at radius 2 is 1.70 bits per heavy atom. The van der Waals surface area contributed by atoms with Crippen molar-refractivity contribution < 1.29 is 9.59 Å². The van der Waals surface area contributed by atoms with Gasteiger partial charge in [-0.05, 0) is 24.6 Å². The van der Waals surface area contributed by atoms with E-state index in [2.05, 4.69) is 6.58 Å². The van der Waals surface area contributed by atoms with E-state index in [1.807, 2.05) is 48.5 Å². The van der Waals surface area contributed by atoms with Crippen molar-refractivity contribution in [3.8, 4) is 0 Å². The molecule has 0 saturated carbocycles. The number of rotatable bonds is 5. The maximum Gasteiger partial charge on any atom is 0.240 e. The number of carbonyl (C=O) groups is 2. The molecule has 2 aromatic carbocycles. The van der Waals surface area contributed by atoms with Crippen molar-refractivity contribution >= 4 is 11.7 Å². The number of nitrogens with zero attached hydrogens (tertiary/aromatic N) is 1. The van der Waals surface area contributed by atoms with Crippen LogP contribution in [0, 0.1) is 5.41 Å². The monoisotopic (exact) mass is 305 g/mol. The lowest BCUT2D eigenvalue weighted by Gasteiger charge is -2.26. The Balaban J connectivity index is 2.02. The normalized spacial score (nSPS) is 20.5. The summed E-state index contributed by atoms with van der Waals surface area (Å²) in [5, 5.41) is 0. The second kappa shape index (κ2) is 6.21. The maximum absolute atomic E-state index is 13.2. The Morgan fingerprint density at radius 3 is 2.26 bits per heavy atom. The van der Waals surface area contributed by atoms with Crippen LogP contribution in [0.3, 0.4) is 0 Å². The molecule has 23 heavy (non-hydrogen) atoms. The summed E-state index contributed by atoms with van der Waals surface area (Å²) in [5.41, 5.74) is 0.551. The highest BCUT2D eigenvalue weighted by molar-refractivity contribution is 6.15. The average molecular weight is 305 g/mol. The smallest absolute Gasteiger partial charge is 0.240 e. The molecule has 1 amide bonds. The van der Waals surface area contributed by atoms with Gasteiger partial charge >= 0.3 is 0 Å². The first-order chi connectivity index (χ1) is 11.2. The third kappa shape index (κ3) is 2.70. The van der Waals surface area contributed by atoms with Crippen LogP contribution in [0.1, 0.15) is 22.3 Å². The number of benzene rings is 2. The van der Waals surface area contributed by atoms with Crippen molar-refractivity contribution in [2.45, 2.75) is 12.8 Å². The first-order valence-corrected chi connectivity index (χ1v) is 7.75. The van der Waals surface area contributed by atoms with Crippen LogP contribution in [-0.4, -0.2) is 23.1 Å². The van der Waals surface area contributed by atoms with Gasteiger partial charge in [-0.25, -0.2) is 0 Å². The number of hydrogen-bond donors (Lipinski definition) is 0. The molecule has 1 fully saturated rings. The minimum atomic E-state index is -1.03.